The van der Waals surface area contributed by atoms with Crippen molar-refractivity contribution in [2.45, 2.75) is 289 Å². The standard InChI is InChI=1S/C71H114O12/c1-4-7-10-13-16-19-22-25-28-30-32-34-37-39-42-45-48-51-54-57-63(72)79-60-62(81-64(73)58-55-52-49-46-43-41-38-35-33-31-29-26-23-20-17-14-11-8-5-2)61-80-71-69(67(76)66(75)68(83-71)70(77)78)82-65(74)59-56-53-50-47-44-40-36-27-24-21-18-15-12-9-6-3/h7,9-10,12,16,18-19,21,25,27-28,32,34,36,39,42,44,47-48,51,62,66-69,71,75-76H,4-6,8,11,13-15,17,20,22-24,26,29-31,33,35,37-38,40-41,43,45-46,49-50,52-61H2,1-3H3,(H,77,78)/b10-7-,12-9-,19-16-,21-18-,28-25-,34-32-,36-27-,42-39-,47-44-,51-48-. The Balaban J connectivity index is 2.73. The molecular weight excluding hydrogens is 1040 g/mol. The van der Waals surface area contributed by atoms with Crippen molar-refractivity contribution in [1.29, 1.82) is 0 Å². The van der Waals surface area contributed by atoms with Gasteiger partial charge in [0.05, 0.1) is 6.61 Å². The number of aliphatic hydroxyl groups excluding tert-OH is 2. The molecule has 1 fully saturated rings. The van der Waals surface area contributed by atoms with Crippen molar-refractivity contribution in [3.8, 4) is 0 Å². The van der Waals surface area contributed by atoms with E-state index >= 15 is 0 Å². The SMILES string of the molecule is CC/C=C\C/C=C\C/C=C\C/C=C\C/C=C\C/C=C\CCC(=O)OCC(COC1OC(C(=O)O)C(O)C(O)C1OC(=O)CCCC/C=C\C/C=C\C/C=C\C/C=C\CC)OC(=O)CCCCCCCCCCCCCCCCCCCCC. The van der Waals surface area contributed by atoms with Gasteiger partial charge in [-0.05, 0) is 96.3 Å². The summed E-state index contributed by atoms with van der Waals surface area (Å²) in [6.07, 6.45) is 67.5. The number of carboxylic acid groups (broad SMARTS) is 1. The largest absolute Gasteiger partial charge is 0.479 e. The Morgan fingerprint density at radius 1 is 0.410 bits per heavy atom. The van der Waals surface area contributed by atoms with Crippen molar-refractivity contribution >= 4 is 23.9 Å². The van der Waals surface area contributed by atoms with E-state index in [1.807, 2.05) is 12.2 Å². The first-order valence-corrected chi connectivity index (χ1v) is 32.5. The van der Waals surface area contributed by atoms with Gasteiger partial charge in [0.2, 0.25) is 0 Å². The molecule has 83 heavy (non-hydrogen) atoms. The van der Waals surface area contributed by atoms with E-state index < -0.39 is 67.3 Å². The van der Waals surface area contributed by atoms with E-state index in [0.717, 1.165) is 89.9 Å². The van der Waals surface area contributed by atoms with E-state index in [1.165, 1.54) is 96.3 Å². The number of aliphatic hydroxyl groups is 2. The monoisotopic (exact) mass is 1160 g/mol. The smallest absolute Gasteiger partial charge is 0.335 e. The Morgan fingerprint density at radius 3 is 1.20 bits per heavy atom. The molecule has 0 aliphatic carbocycles. The van der Waals surface area contributed by atoms with Gasteiger partial charge in [0.1, 0.15) is 18.8 Å². The molecule has 0 aromatic carbocycles. The average Bonchev–Trinajstić information content (AvgIpc) is 3.58. The van der Waals surface area contributed by atoms with Crippen LogP contribution in [0.4, 0.5) is 0 Å². The Hall–Kier alpha value is -4.88. The normalized spacial score (nSPS) is 18.4. The number of aliphatic carboxylic acids is 1. The maximum Gasteiger partial charge on any atom is 0.335 e. The summed E-state index contributed by atoms with van der Waals surface area (Å²) in [6, 6.07) is 0. The molecule has 3 N–H and O–H groups in total. The van der Waals surface area contributed by atoms with Crippen molar-refractivity contribution in [3.63, 3.8) is 0 Å². The summed E-state index contributed by atoms with van der Waals surface area (Å²) in [5.41, 5.74) is 0. The van der Waals surface area contributed by atoms with Gasteiger partial charge in [0.15, 0.2) is 24.6 Å². The third kappa shape index (κ3) is 47.1. The van der Waals surface area contributed by atoms with Crippen molar-refractivity contribution < 1.29 is 58.2 Å². The summed E-state index contributed by atoms with van der Waals surface area (Å²) in [5, 5.41) is 31.6. The highest BCUT2D eigenvalue weighted by molar-refractivity contribution is 5.74. The lowest BCUT2D eigenvalue weighted by molar-refractivity contribution is -0.301. The summed E-state index contributed by atoms with van der Waals surface area (Å²) in [5.74, 6) is -3.29. The highest BCUT2D eigenvalue weighted by Gasteiger charge is 2.50. The number of rotatable bonds is 54. The first-order chi connectivity index (χ1) is 40.6. The predicted octanol–water partition coefficient (Wildman–Crippen LogP) is 17.6. The van der Waals surface area contributed by atoms with Crippen LogP contribution >= 0.6 is 0 Å². The fraction of sp³-hybridized carbons (Fsp3) is 0.662. The molecule has 470 valence electrons. The number of ether oxygens (including phenoxy) is 5. The fourth-order valence-electron chi connectivity index (χ4n) is 9.15. The first kappa shape index (κ1) is 76.1. The van der Waals surface area contributed by atoms with E-state index in [-0.39, 0.29) is 25.9 Å². The zero-order chi connectivity index (χ0) is 60.3. The van der Waals surface area contributed by atoms with Crippen LogP contribution in [0.2, 0.25) is 0 Å². The molecule has 1 heterocycles. The molecule has 0 bridgehead atoms. The van der Waals surface area contributed by atoms with Crippen molar-refractivity contribution in [1.82, 2.24) is 0 Å². The molecule has 0 spiro atoms. The second-order valence-electron chi connectivity index (χ2n) is 21.6. The van der Waals surface area contributed by atoms with Gasteiger partial charge in [-0.15, -0.1) is 0 Å². The number of esters is 3. The van der Waals surface area contributed by atoms with Crippen LogP contribution < -0.4 is 0 Å². The number of unbranched alkanes of at least 4 members (excludes halogenated alkanes) is 20. The zero-order valence-corrected chi connectivity index (χ0v) is 51.9. The van der Waals surface area contributed by atoms with Gasteiger partial charge in [-0.2, -0.15) is 0 Å². The third-order valence-electron chi connectivity index (χ3n) is 14.0. The minimum atomic E-state index is -1.93. The second-order valence-corrected chi connectivity index (χ2v) is 21.6. The second kappa shape index (κ2) is 57.5. The minimum Gasteiger partial charge on any atom is -0.479 e. The molecule has 1 rings (SSSR count). The van der Waals surface area contributed by atoms with E-state index in [1.54, 1.807) is 0 Å². The molecular formula is C71H114O12. The number of allylic oxidation sites excluding steroid dienone is 20. The maximum atomic E-state index is 13.2. The Labute approximate surface area is 503 Å². The minimum absolute atomic E-state index is 0.00382. The number of hydrogen-bond donors (Lipinski definition) is 3. The summed E-state index contributed by atoms with van der Waals surface area (Å²) in [6.45, 7) is 5.70. The third-order valence-corrected chi connectivity index (χ3v) is 14.0. The Morgan fingerprint density at radius 2 is 0.783 bits per heavy atom. The van der Waals surface area contributed by atoms with Gasteiger partial charge in [0, 0.05) is 19.3 Å². The van der Waals surface area contributed by atoms with Gasteiger partial charge in [0.25, 0.3) is 0 Å². The summed E-state index contributed by atoms with van der Waals surface area (Å²) in [4.78, 5) is 51.3. The summed E-state index contributed by atoms with van der Waals surface area (Å²) >= 11 is 0. The average molecular weight is 1160 g/mol. The van der Waals surface area contributed by atoms with E-state index in [2.05, 4.69) is 130 Å². The molecule has 6 unspecified atom stereocenters. The molecule has 0 radical (unpaired) electrons. The molecule has 1 aliphatic rings. The van der Waals surface area contributed by atoms with Crippen LogP contribution in [0.25, 0.3) is 0 Å². The van der Waals surface area contributed by atoms with Crippen LogP contribution in [0, 0.1) is 0 Å². The van der Waals surface area contributed by atoms with Gasteiger partial charge >= 0.3 is 23.9 Å². The van der Waals surface area contributed by atoms with E-state index in [4.69, 9.17) is 23.7 Å². The molecule has 6 atom stereocenters. The maximum absolute atomic E-state index is 13.2. The lowest BCUT2D eigenvalue weighted by Gasteiger charge is -2.40. The Bertz CT molecular complexity index is 1900. The summed E-state index contributed by atoms with van der Waals surface area (Å²) in [7, 11) is 0. The quantitative estimate of drug-likeness (QED) is 0.0228. The number of hydrogen-bond acceptors (Lipinski definition) is 11. The molecule has 12 heteroatoms. The van der Waals surface area contributed by atoms with Crippen LogP contribution in [0.15, 0.2) is 122 Å². The van der Waals surface area contributed by atoms with Crippen LogP contribution in [0.1, 0.15) is 252 Å². The van der Waals surface area contributed by atoms with E-state index in [0.29, 0.717) is 25.7 Å². The fourth-order valence-corrected chi connectivity index (χ4v) is 9.15. The number of carbonyl (C=O) groups excluding carboxylic acids is 3. The molecule has 0 aromatic heterocycles. The van der Waals surface area contributed by atoms with Crippen LogP contribution in [0.3, 0.4) is 0 Å². The molecule has 1 saturated heterocycles. The molecule has 0 saturated carbocycles. The van der Waals surface area contributed by atoms with E-state index in [9.17, 15) is 34.5 Å². The molecule has 0 amide bonds. The zero-order valence-electron chi connectivity index (χ0n) is 51.9. The predicted molar refractivity (Wildman–Crippen MR) is 340 cm³/mol. The van der Waals surface area contributed by atoms with Crippen LogP contribution in [-0.2, 0) is 42.9 Å². The topological polar surface area (TPSA) is 175 Å². The lowest BCUT2D eigenvalue weighted by atomic mass is 9.98. The number of carbonyl (C=O) groups is 4. The van der Waals surface area contributed by atoms with Crippen molar-refractivity contribution in [2.75, 3.05) is 13.2 Å². The van der Waals surface area contributed by atoms with Gasteiger partial charge < -0.3 is 39.0 Å². The molecule has 12 nitrogen and oxygen atoms in total. The molecule has 1 aliphatic heterocycles. The van der Waals surface area contributed by atoms with Gasteiger partial charge in [-0.3, -0.25) is 14.4 Å². The number of carboxylic acids is 1. The van der Waals surface area contributed by atoms with Gasteiger partial charge in [-0.1, -0.05) is 258 Å². The lowest BCUT2D eigenvalue weighted by Crippen LogP contribution is -2.61. The van der Waals surface area contributed by atoms with Gasteiger partial charge in [-0.25, -0.2) is 4.79 Å². The highest BCUT2D eigenvalue weighted by atomic mass is 16.7. The first-order valence-electron chi connectivity index (χ1n) is 32.5. The van der Waals surface area contributed by atoms with Crippen molar-refractivity contribution in [2.24, 2.45) is 0 Å². The molecule has 0 aromatic rings. The van der Waals surface area contributed by atoms with Crippen LogP contribution in [-0.4, -0.2) is 89.2 Å². The van der Waals surface area contributed by atoms with Crippen LogP contribution in [0.5, 0.6) is 0 Å². The Kier molecular flexibility index (Phi) is 52.8. The summed E-state index contributed by atoms with van der Waals surface area (Å²) < 4.78 is 28.4. The van der Waals surface area contributed by atoms with Crippen molar-refractivity contribution in [3.05, 3.63) is 122 Å². The highest BCUT2D eigenvalue weighted by Crippen LogP contribution is 2.26.